The van der Waals surface area contributed by atoms with Gasteiger partial charge in [-0.3, -0.25) is 0 Å². The van der Waals surface area contributed by atoms with Crippen LogP contribution in [0.5, 0.6) is 0 Å². The highest BCUT2D eigenvalue weighted by Gasteiger charge is 2.18. The van der Waals surface area contributed by atoms with Crippen LogP contribution in [0.1, 0.15) is 0 Å². The van der Waals surface area contributed by atoms with Gasteiger partial charge in [-0.2, -0.15) is 0 Å². The lowest BCUT2D eigenvalue weighted by atomic mass is 10.5. The van der Waals surface area contributed by atoms with Gasteiger partial charge in [0.25, 0.3) is 0 Å². The van der Waals surface area contributed by atoms with E-state index in [4.69, 9.17) is 6.42 Å². The maximum atomic E-state index is 5.15. The van der Waals surface area contributed by atoms with Gasteiger partial charge >= 0.3 is 0 Å². The van der Waals surface area contributed by atoms with Crippen LogP contribution < -0.4 is 5.53 Å². The SMILES string of the molecule is C#CCSN1C=C2N=CC=CN2N1. The first-order valence-corrected chi connectivity index (χ1v) is 4.68. The van der Waals surface area contributed by atoms with E-state index in [1.807, 2.05) is 27.9 Å². The zero-order valence-corrected chi connectivity index (χ0v) is 7.66. The molecule has 0 unspecified atom stereocenters. The van der Waals surface area contributed by atoms with E-state index in [1.54, 1.807) is 6.21 Å². The first kappa shape index (κ1) is 8.23. The Morgan fingerprint density at radius 2 is 2.62 bits per heavy atom. The van der Waals surface area contributed by atoms with Gasteiger partial charge < -0.3 is 0 Å². The fourth-order valence-electron chi connectivity index (χ4n) is 0.975. The predicted octanol–water partition coefficient (Wildman–Crippen LogP) is 0.702. The number of allylic oxidation sites excluding steroid dienone is 1. The first-order valence-electron chi connectivity index (χ1n) is 3.74. The number of hydrogen-bond acceptors (Lipinski definition) is 5. The normalized spacial score (nSPS) is 18.5. The van der Waals surface area contributed by atoms with E-state index in [9.17, 15) is 0 Å². The maximum Gasteiger partial charge on any atom is 0.167 e. The van der Waals surface area contributed by atoms with Gasteiger partial charge in [-0.1, -0.05) is 5.92 Å². The summed E-state index contributed by atoms with van der Waals surface area (Å²) in [6.45, 7) is 0. The van der Waals surface area contributed by atoms with Crippen LogP contribution in [0.3, 0.4) is 0 Å². The summed E-state index contributed by atoms with van der Waals surface area (Å²) in [5, 5.41) is 1.82. The first-order chi connectivity index (χ1) is 6.40. The number of terminal acetylenes is 1. The highest BCUT2D eigenvalue weighted by Crippen LogP contribution is 2.20. The summed E-state index contributed by atoms with van der Waals surface area (Å²) in [5.74, 6) is 4.06. The number of aliphatic imine (C=N–C) groups is 1. The molecule has 0 fully saturated rings. The molecular weight excluding hydrogens is 184 g/mol. The molecule has 4 nitrogen and oxygen atoms in total. The van der Waals surface area contributed by atoms with Crippen molar-refractivity contribution in [3.63, 3.8) is 0 Å². The smallest absolute Gasteiger partial charge is 0.167 e. The van der Waals surface area contributed by atoms with Gasteiger partial charge in [0, 0.05) is 12.4 Å². The van der Waals surface area contributed by atoms with E-state index in [1.165, 1.54) is 11.9 Å². The molecule has 2 rings (SSSR count). The third-order valence-electron chi connectivity index (χ3n) is 1.50. The van der Waals surface area contributed by atoms with Crippen molar-refractivity contribution in [1.29, 1.82) is 0 Å². The average molecular weight is 192 g/mol. The van der Waals surface area contributed by atoms with Crippen LogP contribution in [-0.4, -0.2) is 21.4 Å². The Kier molecular flexibility index (Phi) is 2.25. The summed E-state index contributed by atoms with van der Waals surface area (Å²) in [7, 11) is 0. The van der Waals surface area contributed by atoms with Crippen LogP contribution in [0.4, 0.5) is 0 Å². The zero-order valence-electron chi connectivity index (χ0n) is 6.84. The molecule has 0 amide bonds. The van der Waals surface area contributed by atoms with Crippen LogP contribution in [0.25, 0.3) is 0 Å². The molecule has 0 spiro atoms. The highest BCUT2D eigenvalue weighted by atomic mass is 32.2. The average Bonchev–Trinajstić information content (AvgIpc) is 2.57. The van der Waals surface area contributed by atoms with Crippen molar-refractivity contribution >= 4 is 18.2 Å². The monoisotopic (exact) mass is 192 g/mol. The van der Waals surface area contributed by atoms with Crippen LogP contribution >= 0.6 is 11.9 Å². The van der Waals surface area contributed by atoms with E-state index in [2.05, 4.69) is 16.4 Å². The zero-order chi connectivity index (χ0) is 9.10. The van der Waals surface area contributed by atoms with Gasteiger partial charge in [0.2, 0.25) is 0 Å². The highest BCUT2D eigenvalue weighted by molar-refractivity contribution is 7.97. The Morgan fingerprint density at radius 3 is 3.38 bits per heavy atom. The summed E-state index contributed by atoms with van der Waals surface area (Å²) < 4.78 is 1.84. The molecule has 0 radical (unpaired) electrons. The molecule has 0 saturated carbocycles. The number of hydrogen-bond donors (Lipinski definition) is 1. The third-order valence-corrected chi connectivity index (χ3v) is 2.26. The van der Waals surface area contributed by atoms with Crippen molar-refractivity contribution in [2.24, 2.45) is 4.99 Å². The Hall–Kier alpha value is -1.38. The number of rotatable bonds is 2. The van der Waals surface area contributed by atoms with E-state index in [-0.39, 0.29) is 0 Å². The molecular formula is C8H8N4S. The van der Waals surface area contributed by atoms with E-state index in [0.717, 1.165) is 5.82 Å². The third kappa shape index (κ3) is 1.69. The van der Waals surface area contributed by atoms with Gasteiger partial charge in [0.05, 0.1) is 12.0 Å². The Bertz CT molecular complexity index is 326. The van der Waals surface area contributed by atoms with Crippen LogP contribution in [-0.2, 0) is 0 Å². The Labute approximate surface area is 81.1 Å². The molecule has 1 N–H and O–H groups in total. The fraction of sp³-hybridized carbons (Fsp3) is 0.125. The molecule has 0 aromatic rings. The second kappa shape index (κ2) is 3.56. The minimum Gasteiger partial charge on any atom is -0.247 e. The van der Waals surface area contributed by atoms with Crippen molar-refractivity contribution in [2.75, 3.05) is 5.75 Å². The van der Waals surface area contributed by atoms with E-state index < -0.39 is 0 Å². The topological polar surface area (TPSA) is 30.9 Å². The molecule has 0 bridgehead atoms. The second-order valence-electron chi connectivity index (χ2n) is 2.38. The van der Waals surface area contributed by atoms with E-state index in [0.29, 0.717) is 5.75 Å². The number of nitrogens with one attached hydrogen (secondary N) is 1. The van der Waals surface area contributed by atoms with Crippen LogP contribution in [0.15, 0.2) is 29.3 Å². The minimum absolute atomic E-state index is 0.637. The largest absolute Gasteiger partial charge is 0.247 e. The lowest BCUT2D eigenvalue weighted by Crippen LogP contribution is -2.34. The van der Waals surface area contributed by atoms with Crippen molar-refractivity contribution in [2.45, 2.75) is 0 Å². The number of nitrogens with zero attached hydrogens (tertiary/aromatic N) is 3. The van der Waals surface area contributed by atoms with Crippen LogP contribution in [0.2, 0.25) is 0 Å². The van der Waals surface area contributed by atoms with Gasteiger partial charge in [-0.15, -0.1) is 12.0 Å². The van der Waals surface area contributed by atoms with Crippen molar-refractivity contribution in [1.82, 2.24) is 15.0 Å². The summed E-state index contributed by atoms with van der Waals surface area (Å²) in [4.78, 5) is 4.16. The molecule has 66 valence electrons. The molecule has 0 aliphatic carbocycles. The van der Waals surface area contributed by atoms with Gasteiger partial charge in [0.15, 0.2) is 5.82 Å². The lowest BCUT2D eigenvalue weighted by molar-refractivity contribution is 0.267. The lowest BCUT2D eigenvalue weighted by Gasteiger charge is -2.19. The van der Waals surface area contributed by atoms with Gasteiger partial charge in [-0.25, -0.2) is 14.4 Å². The quantitative estimate of drug-likeness (QED) is 0.515. The molecule has 5 heteroatoms. The molecule has 0 aromatic heterocycles. The minimum atomic E-state index is 0.637. The predicted molar refractivity (Wildman–Crippen MR) is 53.8 cm³/mol. The summed E-state index contributed by atoms with van der Waals surface area (Å²) in [5.41, 5.74) is 3.07. The fourth-order valence-corrected chi connectivity index (χ4v) is 1.50. The van der Waals surface area contributed by atoms with Gasteiger partial charge in [0.1, 0.15) is 0 Å². The Balaban J connectivity index is 2.00. The summed E-state index contributed by atoms with van der Waals surface area (Å²) >= 11 is 1.51. The van der Waals surface area contributed by atoms with Crippen molar-refractivity contribution in [3.8, 4) is 12.3 Å². The summed E-state index contributed by atoms with van der Waals surface area (Å²) in [6.07, 6.45) is 12.5. The van der Waals surface area contributed by atoms with E-state index >= 15 is 0 Å². The maximum absolute atomic E-state index is 5.15. The van der Waals surface area contributed by atoms with Crippen LogP contribution in [0, 0.1) is 12.3 Å². The van der Waals surface area contributed by atoms with Crippen molar-refractivity contribution in [3.05, 3.63) is 24.3 Å². The van der Waals surface area contributed by atoms with Crippen molar-refractivity contribution < 1.29 is 0 Å². The standard InChI is InChI=1S/C8H8N4S/c1-2-6-13-12-7-8-9-4-3-5-11(8)10-12/h1,3-5,7,10H,6H2. The molecule has 13 heavy (non-hydrogen) atoms. The molecule has 2 aliphatic heterocycles. The summed E-state index contributed by atoms with van der Waals surface area (Å²) in [6, 6.07) is 0. The Morgan fingerprint density at radius 1 is 1.69 bits per heavy atom. The number of fused-ring (bicyclic) bond motifs is 1. The van der Waals surface area contributed by atoms with Gasteiger partial charge in [-0.05, 0) is 18.0 Å². The molecule has 2 heterocycles. The number of hydrazine groups is 2. The molecule has 2 aliphatic rings. The molecule has 0 atom stereocenters. The molecule has 0 saturated heterocycles. The molecule has 0 aromatic carbocycles. The second-order valence-corrected chi connectivity index (χ2v) is 3.32.